The molecule has 0 bridgehead atoms. The van der Waals surface area contributed by atoms with Crippen LogP contribution in [-0.4, -0.2) is 22.4 Å². The summed E-state index contributed by atoms with van der Waals surface area (Å²) in [6.45, 7) is 1.07. The maximum absolute atomic E-state index is 12.1. The predicted octanol–water partition coefficient (Wildman–Crippen LogP) is 0.858. The van der Waals surface area contributed by atoms with Gasteiger partial charge in [0.1, 0.15) is 6.33 Å². The second kappa shape index (κ2) is 6.44. The lowest BCUT2D eigenvalue weighted by Gasteiger charge is -2.29. The molecule has 5 nitrogen and oxygen atoms in total. The van der Waals surface area contributed by atoms with Crippen molar-refractivity contribution >= 4 is 5.91 Å². The van der Waals surface area contributed by atoms with Crippen LogP contribution in [0, 0.1) is 11.8 Å². The number of carbonyl (C=O) groups is 1. The van der Waals surface area contributed by atoms with Gasteiger partial charge < -0.3 is 11.1 Å². The Hall–Kier alpha value is -1.49. The highest BCUT2D eigenvalue weighted by Gasteiger charge is 2.29. The number of amides is 1. The molecule has 0 spiro atoms. The molecule has 1 fully saturated rings. The number of nitrogens with two attached hydrogens (primary N) is 1. The van der Waals surface area contributed by atoms with E-state index in [9.17, 15) is 4.79 Å². The summed E-state index contributed by atoms with van der Waals surface area (Å²) in [6.07, 6.45) is 7.52. The van der Waals surface area contributed by atoms with E-state index in [-0.39, 0.29) is 11.8 Å². The summed E-state index contributed by atoms with van der Waals surface area (Å²) >= 11 is 0. The molecule has 18 heavy (non-hydrogen) atoms. The minimum Gasteiger partial charge on any atom is -0.350 e. The number of hydrogen-bond donors (Lipinski definition) is 2. The fourth-order valence-electron chi connectivity index (χ4n) is 2.57. The number of nitrogens with one attached hydrogen (secondary N) is 1. The molecule has 98 valence electrons. The quantitative estimate of drug-likeness (QED) is 0.828. The normalized spacial score (nSPS) is 23.6. The van der Waals surface area contributed by atoms with Crippen LogP contribution in [0.2, 0.25) is 0 Å². The summed E-state index contributed by atoms with van der Waals surface area (Å²) in [5.41, 5.74) is 6.57. The first kappa shape index (κ1) is 13.0. The maximum Gasteiger partial charge on any atom is 0.223 e. The Bertz CT molecular complexity index is 382. The zero-order chi connectivity index (χ0) is 12.8. The number of rotatable bonds is 4. The van der Waals surface area contributed by atoms with Gasteiger partial charge in [0.25, 0.3) is 0 Å². The van der Waals surface area contributed by atoms with E-state index in [0.717, 1.165) is 25.0 Å². The Kier molecular flexibility index (Phi) is 4.64. The number of nitrogens with zero attached hydrogens (tertiary/aromatic N) is 2. The largest absolute Gasteiger partial charge is 0.350 e. The first-order chi connectivity index (χ1) is 8.81. The molecule has 0 aliphatic heterocycles. The van der Waals surface area contributed by atoms with Gasteiger partial charge in [0.15, 0.2) is 0 Å². The van der Waals surface area contributed by atoms with Gasteiger partial charge in [0.2, 0.25) is 5.91 Å². The maximum atomic E-state index is 12.1. The van der Waals surface area contributed by atoms with Crippen molar-refractivity contribution < 1.29 is 4.79 Å². The monoisotopic (exact) mass is 248 g/mol. The molecule has 1 heterocycles. The van der Waals surface area contributed by atoms with E-state index < -0.39 is 0 Å². The van der Waals surface area contributed by atoms with E-state index >= 15 is 0 Å². The summed E-state index contributed by atoms with van der Waals surface area (Å²) in [5.74, 6) is 0.526. The van der Waals surface area contributed by atoms with Gasteiger partial charge in [-0.05, 0) is 31.4 Å². The molecule has 2 unspecified atom stereocenters. The standard InChI is InChI=1S/C13H20N4O/c14-7-10-3-1-2-4-12(10)13(18)16-8-11-5-6-15-9-17-11/h5-6,9-10,12H,1-4,7-8,14H2,(H,16,18). The summed E-state index contributed by atoms with van der Waals surface area (Å²) in [7, 11) is 0. The number of aromatic nitrogens is 2. The zero-order valence-electron chi connectivity index (χ0n) is 10.5. The Balaban J connectivity index is 1.87. The van der Waals surface area contributed by atoms with Crippen LogP contribution in [-0.2, 0) is 11.3 Å². The van der Waals surface area contributed by atoms with Crippen LogP contribution in [0.1, 0.15) is 31.4 Å². The molecule has 5 heteroatoms. The molecule has 1 saturated carbocycles. The van der Waals surface area contributed by atoms with Gasteiger partial charge >= 0.3 is 0 Å². The Labute approximate surface area is 107 Å². The third-order valence-electron chi connectivity index (χ3n) is 3.64. The fraction of sp³-hybridized carbons (Fsp3) is 0.615. The van der Waals surface area contributed by atoms with Crippen LogP contribution in [0.3, 0.4) is 0 Å². The lowest BCUT2D eigenvalue weighted by Crippen LogP contribution is -2.39. The summed E-state index contributed by atoms with van der Waals surface area (Å²) in [5, 5.41) is 2.95. The van der Waals surface area contributed by atoms with Crippen LogP contribution in [0.15, 0.2) is 18.6 Å². The molecular weight excluding hydrogens is 228 g/mol. The molecule has 1 amide bonds. The Morgan fingerprint density at radius 1 is 1.44 bits per heavy atom. The molecule has 1 aromatic heterocycles. The zero-order valence-corrected chi connectivity index (χ0v) is 10.5. The predicted molar refractivity (Wildman–Crippen MR) is 68.4 cm³/mol. The topological polar surface area (TPSA) is 80.9 Å². The molecule has 1 aromatic rings. The van der Waals surface area contributed by atoms with Crippen molar-refractivity contribution in [1.82, 2.24) is 15.3 Å². The van der Waals surface area contributed by atoms with Crippen molar-refractivity contribution in [3.63, 3.8) is 0 Å². The van der Waals surface area contributed by atoms with Gasteiger partial charge in [-0.3, -0.25) is 4.79 Å². The van der Waals surface area contributed by atoms with Crippen molar-refractivity contribution in [2.75, 3.05) is 6.54 Å². The molecule has 0 radical (unpaired) electrons. The van der Waals surface area contributed by atoms with Gasteiger partial charge in [-0.2, -0.15) is 0 Å². The van der Waals surface area contributed by atoms with Crippen LogP contribution >= 0.6 is 0 Å². The molecular formula is C13H20N4O. The van der Waals surface area contributed by atoms with E-state index in [1.54, 1.807) is 6.20 Å². The van der Waals surface area contributed by atoms with Crippen LogP contribution < -0.4 is 11.1 Å². The number of carbonyl (C=O) groups excluding carboxylic acids is 1. The van der Waals surface area contributed by atoms with E-state index in [0.29, 0.717) is 19.0 Å². The highest BCUT2D eigenvalue weighted by atomic mass is 16.1. The van der Waals surface area contributed by atoms with E-state index in [2.05, 4.69) is 15.3 Å². The van der Waals surface area contributed by atoms with Gasteiger partial charge in [-0.25, -0.2) is 9.97 Å². The smallest absolute Gasteiger partial charge is 0.223 e. The van der Waals surface area contributed by atoms with Crippen molar-refractivity contribution in [3.05, 3.63) is 24.3 Å². The summed E-state index contributed by atoms with van der Waals surface area (Å²) in [6, 6.07) is 1.81. The van der Waals surface area contributed by atoms with E-state index in [4.69, 9.17) is 5.73 Å². The first-order valence-electron chi connectivity index (χ1n) is 6.54. The SMILES string of the molecule is NCC1CCCCC1C(=O)NCc1ccncn1. The molecule has 2 atom stereocenters. The first-order valence-corrected chi connectivity index (χ1v) is 6.54. The van der Waals surface area contributed by atoms with E-state index in [1.807, 2.05) is 6.07 Å². The Morgan fingerprint density at radius 3 is 3.00 bits per heavy atom. The van der Waals surface area contributed by atoms with Crippen molar-refractivity contribution in [2.45, 2.75) is 32.2 Å². The molecule has 2 rings (SSSR count). The van der Waals surface area contributed by atoms with Gasteiger partial charge in [0, 0.05) is 12.1 Å². The lowest BCUT2D eigenvalue weighted by atomic mass is 9.79. The van der Waals surface area contributed by atoms with Gasteiger partial charge in [-0.1, -0.05) is 12.8 Å². The average molecular weight is 248 g/mol. The van der Waals surface area contributed by atoms with Gasteiger partial charge in [-0.15, -0.1) is 0 Å². The second-order valence-corrected chi connectivity index (χ2v) is 4.81. The molecule has 1 aliphatic rings. The highest BCUT2D eigenvalue weighted by Crippen LogP contribution is 2.29. The third-order valence-corrected chi connectivity index (χ3v) is 3.64. The molecule has 1 aliphatic carbocycles. The third kappa shape index (κ3) is 3.26. The molecule has 0 saturated heterocycles. The van der Waals surface area contributed by atoms with Crippen LogP contribution in [0.5, 0.6) is 0 Å². The minimum atomic E-state index is 0.0746. The average Bonchev–Trinajstić information content (AvgIpc) is 2.45. The van der Waals surface area contributed by atoms with Crippen LogP contribution in [0.4, 0.5) is 0 Å². The minimum absolute atomic E-state index is 0.0746. The summed E-state index contributed by atoms with van der Waals surface area (Å²) in [4.78, 5) is 20.1. The molecule has 3 N–H and O–H groups in total. The highest BCUT2D eigenvalue weighted by molar-refractivity contribution is 5.79. The fourth-order valence-corrected chi connectivity index (χ4v) is 2.57. The number of hydrogen-bond acceptors (Lipinski definition) is 4. The van der Waals surface area contributed by atoms with E-state index in [1.165, 1.54) is 12.7 Å². The van der Waals surface area contributed by atoms with Crippen LogP contribution in [0.25, 0.3) is 0 Å². The second-order valence-electron chi connectivity index (χ2n) is 4.81. The van der Waals surface area contributed by atoms with Crippen molar-refractivity contribution in [3.8, 4) is 0 Å². The lowest BCUT2D eigenvalue weighted by molar-refractivity contribution is -0.127. The van der Waals surface area contributed by atoms with Gasteiger partial charge in [0.05, 0.1) is 12.2 Å². The van der Waals surface area contributed by atoms with Crippen molar-refractivity contribution in [1.29, 1.82) is 0 Å². The summed E-state index contributed by atoms with van der Waals surface area (Å²) < 4.78 is 0. The van der Waals surface area contributed by atoms with Crippen molar-refractivity contribution in [2.24, 2.45) is 17.6 Å². The Morgan fingerprint density at radius 2 is 2.28 bits per heavy atom. The molecule has 0 aromatic carbocycles.